The summed E-state index contributed by atoms with van der Waals surface area (Å²) in [7, 11) is 0. The van der Waals surface area contributed by atoms with Crippen LogP contribution < -0.4 is 10.6 Å². The highest BCUT2D eigenvalue weighted by Crippen LogP contribution is 2.31. The van der Waals surface area contributed by atoms with Gasteiger partial charge in [0.15, 0.2) is 0 Å². The molecule has 1 aromatic rings. The van der Waals surface area contributed by atoms with E-state index >= 15 is 0 Å². The van der Waals surface area contributed by atoms with Crippen LogP contribution in [0.5, 0.6) is 0 Å². The van der Waals surface area contributed by atoms with E-state index in [4.69, 9.17) is 0 Å². The molecule has 3 nitrogen and oxygen atoms in total. The smallest absolute Gasteiger partial charge is 0.227 e. The van der Waals surface area contributed by atoms with E-state index in [2.05, 4.69) is 17.6 Å². The minimum absolute atomic E-state index is 0.0530. The molecule has 0 aromatic heterocycles. The van der Waals surface area contributed by atoms with Crippen LogP contribution in [0.1, 0.15) is 38.7 Å². The summed E-state index contributed by atoms with van der Waals surface area (Å²) in [6, 6.07) is 6.53. The molecule has 1 amide bonds. The van der Waals surface area contributed by atoms with Crippen molar-refractivity contribution in [3.05, 3.63) is 35.6 Å². The summed E-state index contributed by atoms with van der Waals surface area (Å²) in [5, 5.41) is 6.44. The van der Waals surface area contributed by atoms with Crippen molar-refractivity contribution >= 4 is 5.91 Å². The van der Waals surface area contributed by atoms with Gasteiger partial charge >= 0.3 is 0 Å². The van der Waals surface area contributed by atoms with Crippen LogP contribution in [0.3, 0.4) is 0 Å². The molecule has 0 saturated carbocycles. The van der Waals surface area contributed by atoms with Crippen molar-refractivity contribution in [2.45, 2.75) is 45.6 Å². The van der Waals surface area contributed by atoms with Crippen molar-refractivity contribution in [1.82, 2.24) is 10.6 Å². The van der Waals surface area contributed by atoms with E-state index in [9.17, 15) is 9.18 Å². The van der Waals surface area contributed by atoms with Gasteiger partial charge in [-0.15, -0.1) is 0 Å². The lowest BCUT2D eigenvalue weighted by atomic mass is 9.81. The lowest BCUT2D eigenvalue weighted by Crippen LogP contribution is -2.46. The van der Waals surface area contributed by atoms with Crippen molar-refractivity contribution in [3.8, 4) is 0 Å². The number of hydrogen-bond donors (Lipinski definition) is 2. The SMILES string of the molecule is CCCC1(C(=O)NC(C)Cc2ccc(F)cc2)CCNC1. The van der Waals surface area contributed by atoms with Gasteiger partial charge in [0, 0.05) is 12.6 Å². The molecule has 0 spiro atoms. The lowest BCUT2D eigenvalue weighted by molar-refractivity contribution is -0.131. The summed E-state index contributed by atoms with van der Waals surface area (Å²) in [5.41, 5.74) is 0.796. The topological polar surface area (TPSA) is 41.1 Å². The van der Waals surface area contributed by atoms with Gasteiger partial charge in [-0.05, 0) is 50.4 Å². The average Bonchev–Trinajstić information content (AvgIpc) is 2.92. The van der Waals surface area contributed by atoms with Crippen LogP contribution in [0.15, 0.2) is 24.3 Å². The molecule has 1 heterocycles. The van der Waals surface area contributed by atoms with E-state index in [0.717, 1.165) is 44.3 Å². The van der Waals surface area contributed by atoms with Gasteiger partial charge in [0.05, 0.1) is 5.41 Å². The molecule has 0 aliphatic carbocycles. The monoisotopic (exact) mass is 292 g/mol. The number of carbonyl (C=O) groups is 1. The second kappa shape index (κ2) is 7.03. The zero-order chi connectivity index (χ0) is 15.3. The van der Waals surface area contributed by atoms with E-state index < -0.39 is 0 Å². The Balaban J connectivity index is 1.93. The molecule has 2 atom stereocenters. The second-order valence-electron chi connectivity index (χ2n) is 6.16. The van der Waals surface area contributed by atoms with Crippen LogP contribution >= 0.6 is 0 Å². The molecule has 0 radical (unpaired) electrons. The van der Waals surface area contributed by atoms with Crippen molar-refractivity contribution < 1.29 is 9.18 Å². The van der Waals surface area contributed by atoms with Crippen molar-refractivity contribution in [2.24, 2.45) is 5.41 Å². The maximum Gasteiger partial charge on any atom is 0.227 e. The largest absolute Gasteiger partial charge is 0.353 e. The van der Waals surface area contributed by atoms with Gasteiger partial charge in [0.25, 0.3) is 0 Å². The molecule has 2 rings (SSSR count). The van der Waals surface area contributed by atoms with Gasteiger partial charge in [0.1, 0.15) is 5.82 Å². The predicted molar refractivity (Wildman–Crippen MR) is 82.5 cm³/mol. The highest BCUT2D eigenvalue weighted by molar-refractivity contribution is 5.83. The minimum atomic E-state index is -0.244. The van der Waals surface area contributed by atoms with Crippen molar-refractivity contribution in [2.75, 3.05) is 13.1 Å². The summed E-state index contributed by atoms with van der Waals surface area (Å²) < 4.78 is 12.9. The molecule has 1 aliphatic heterocycles. The van der Waals surface area contributed by atoms with E-state index in [1.165, 1.54) is 12.1 Å². The highest BCUT2D eigenvalue weighted by Gasteiger charge is 2.40. The van der Waals surface area contributed by atoms with Crippen molar-refractivity contribution in [1.29, 1.82) is 0 Å². The van der Waals surface area contributed by atoms with Gasteiger partial charge in [-0.1, -0.05) is 25.5 Å². The van der Waals surface area contributed by atoms with E-state index in [1.54, 1.807) is 12.1 Å². The maximum atomic E-state index is 12.9. The second-order valence-corrected chi connectivity index (χ2v) is 6.16. The van der Waals surface area contributed by atoms with E-state index in [-0.39, 0.29) is 23.2 Å². The third-order valence-corrected chi connectivity index (χ3v) is 4.29. The van der Waals surface area contributed by atoms with Crippen LogP contribution in [0, 0.1) is 11.2 Å². The summed E-state index contributed by atoms with van der Waals surface area (Å²) in [6.45, 7) is 5.81. The Labute approximate surface area is 126 Å². The Kier molecular flexibility index (Phi) is 5.34. The van der Waals surface area contributed by atoms with Crippen LogP contribution in [-0.2, 0) is 11.2 Å². The number of rotatable bonds is 6. The van der Waals surface area contributed by atoms with E-state index in [1.807, 2.05) is 6.92 Å². The minimum Gasteiger partial charge on any atom is -0.353 e. The number of amides is 1. The summed E-state index contributed by atoms with van der Waals surface area (Å²) >= 11 is 0. The molecule has 1 aromatic carbocycles. The molecule has 116 valence electrons. The van der Waals surface area contributed by atoms with Gasteiger partial charge in [-0.2, -0.15) is 0 Å². The maximum absolute atomic E-state index is 12.9. The van der Waals surface area contributed by atoms with Crippen LogP contribution in [0.25, 0.3) is 0 Å². The molecule has 0 bridgehead atoms. The Morgan fingerprint density at radius 1 is 1.43 bits per heavy atom. The third kappa shape index (κ3) is 4.03. The Hall–Kier alpha value is -1.42. The number of carbonyl (C=O) groups excluding carboxylic acids is 1. The van der Waals surface area contributed by atoms with Crippen LogP contribution in [0.2, 0.25) is 0 Å². The fraction of sp³-hybridized carbons (Fsp3) is 0.588. The average molecular weight is 292 g/mol. The number of halogens is 1. The zero-order valence-electron chi connectivity index (χ0n) is 12.9. The molecule has 2 N–H and O–H groups in total. The quantitative estimate of drug-likeness (QED) is 0.846. The first kappa shape index (κ1) is 16.0. The molecule has 1 saturated heterocycles. The zero-order valence-corrected chi connectivity index (χ0v) is 12.9. The Bertz CT molecular complexity index is 466. The first-order chi connectivity index (χ1) is 10.1. The van der Waals surface area contributed by atoms with E-state index in [0.29, 0.717) is 0 Å². The molecule has 1 aliphatic rings. The molecule has 2 unspecified atom stereocenters. The molecule has 21 heavy (non-hydrogen) atoms. The van der Waals surface area contributed by atoms with Crippen LogP contribution in [-0.4, -0.2) is 25.0 Å². The fourth-order valence-electron chi connectivity index (χ4n) is 3.14. The summed E-state index contributed by atoms with van der Waals surface area (Å²) in [5.74, 6) is -0.0710. The van der Waals surface area contributed by atoms with Crippen molar-refractivity contribution in [3.63, 3.8) is 0 Å². The fourth-order valence-corrected chi connectivity index (χ4v) is 3.14. The Morgan fingerprint density at radius 3 is 2.71 bits per heavy atom. The summed E-state index contributed by atoms with van der Waals surface area (Å²) in [6.07, 6.45) is 3.58. The number of nitrogens with one attached hydrogen (secondary N) is 2. The molecular formula is C17H25FN2O. The predicted octanol–water partition coefficient (Wildman–Crippen LogP) is 2.65. The molecular weight excluding hydrogens is 267 g/mol. The molecule has 1 fully saturated rings. The highest BCUT2D eigenvalue weighted by atomic mass is 19.1. The Morgan fingerprint density at radius 2 is 2.14 bits per heavy atom. The van der Waals surface area contributed by atoms with Gasteiger partial charge in [-0.25, -0.2) is 4.39 Å². The molecule has 4 heteroatoms. The van der Waals surface area contributed by atoms with Gasteiger partial charge in [0.2, 0.25) is 5.91 Å². The number of benzene rings is 1. The lowest BCUT2D eigenvalue weighted by Gasteiger charge is -2.28. The summed E-state index contributed by atoms with van der Waals surface area (Å²) in [4.78, 5) is 12.6. The first-order valence-corrected chi connectivity index (χ1v) is 7.82. The third-order valence-electron chi connectivity index (χ3n) is 4.29. The van der Waals surface area contributed by atoms with Gasteiger partial charge in [-0.3, -0.25) is 4.79 Å². The van der Waals surface area contributed by atoms with Gasteiger partial charge < -0.3 is 10.6 Å². The first-order valence-electron chi connectivity index (χ1n) is 7.82. The standard InChI is InChI=1S/C17H25FN2O/c1-3-8-17(9-10-19-12-17)16(21)20-13(2)11-14-4-6-15(18)7-5-14/h4-7,13,19H,3,8-12H2,1-2H3,(H,20,21). The number of hydrogen-bond acceptors (Lipinski definition) is 2. The van der Waals surface area contributed by atoms with Crippen LogP contribution in [0.4, 0.5) is 4.39 Å². The normalized spacial score (nSPS) is 23.0.